The van der Waals surface area contributed by atoms with Gasteiger partial charge in [0, 0.05) is 29.3 Å². The SMILES string of the molecule is CC(C)OC(=O)C1=CN(C(=O)c2ccc(F)c(F)c2)CC(C)(C)c2cn[nH]c21. The van der Waals surface area contributed by atoms with Gasteiger partial charge in [0.1, 0.15) is 5.57 Å². The molecule has 2 heterocycles. The molecule has 6 nitrogen and oxygen atoms in total. The topological polar surface area (TPSA) is 75.3 Å². The van der Waals surface area contributed by atoms with Gasteiger partial charge in [-0.05, 0) is 32.0 Å². The van der Waals surface area contributed by atoms with Gasteiger partial charge in [-0.15, -0.1) is 0 Å². The number of benzene rings is 1. The highest BCUT2D eigenvalue weighted by Crippen LogP contribution is 2.35. The summed E-state index contributed by atoms with van der Waals surface area (Å²) in [7, 11) is 0. The Bertz CT molecular complexity index is 963. The third-order valence-corrected chi connectivity index (χ3v) is 4.48. The van der Waals surface area contributed by atoms with E-state index in [4.69, 9.17) is 4.74 Å². The van der Waals surface area contributed by atoms with E-state index in [1.807, 2.05) is 13.8 Å². The van der Waals surface area contributed by atoms with E-state index >= 15 is 0 Å². The van der Waals surface area contributed by atoms with Gasteiger partial charge in [-0.3, -0.25) is 9.89 Å². The lowest BCUT2D eigenvalue weighted by Gasteiger charge is -2.28. The van der Waals surface area contributed by atoms with Crippen molar-refractivity contribution in [1.29, 1.82) is 0 Å². The van der Waals surface area contributed by atoms with Crippen molar-refractivity contribution in [2.24, 2.45) is 0 Å². The van der Waals surface area contributed by atoms with Crippen LogP contribution in [0.15, 0.2) is 30.6 Å². The molecule has 1 N–H and O–H groups in total. The number of nitrogens with one attached hydrogen (secondary N) is 1. The van der Waals surface area contributed by atoms with Crippen molar-refractivity contribution in [3.05, 3.63) is 59.1 Å². The molecule has 0 unspecified atom stereocenters. The summed E-state index contributed by atoms with van der Waals surface area (Å²) in [6.07, 6.45) is 2.63. The van der Waals surface area contributed by atoms with Gasteiger partial charge in [-0.1, -0.05) is 13.8 Å². The standard InChI is InChI=1S/C20H21F2N3O3/c1-11(2)28-19(27)13-9-25(10-20(3,4)14-8-23-24-17(13)14)18(26)12-5-6-15(21)16(22)7-12/h5-9,11H,10H2,1-4H3,(H,23,24). The summed E-state index contributed by atoms with van der Waals surface area (Å²) in [5.74, 6) is -3.32. The number of fused-ring (bicyclic) bond motifs is 1. The Morgan fingerprint density at radius 2 is 1.96 bits per heavy atom. The van der Waals surface area contributed by atoms with Crippen molar-refractivity contribution in [3.63, 3.8) is 0 Å². The van der Waals surface area contributed by atoms with Crippen LogP contribution in [0.1, 0.15) is 49.3 Å². The molecule has 0 atom stereocenters. The Hall–Kier alpha value is -3.03. The second-order valence-corrected chi connectivity index (χ2v) is 7.60. The number of ether oxygens (including phenoxy) is 1. The van der Waals surface area contributed by atoms with Crippen molar-refractivity contribution in [1.82, 2.24) is 15.1 Å². The molecule has 0 radical (unpaired) electrons. The zero-order valence-electron chi connectivity index (χ0n) is 16.0. The number of rotatable bonds is 3. The number of H-pyrrole nitrogens is 1. The summed E-state index contributed by atoms with van der Waals surface area (Å²) in [5.41, 5.74) is 0.776. The van der Waals surface area contributed by atoms with Crippen LogP contribution in [0.5, 0.6) is 0 Å². The molecule has 8 heteroatoms. The Labute approximate surface area is 161 Å². The molecule has 0 fully saturated rings. The van der Waals surface area contributed by atoms with Crippen molar-refractivity contribution in [3.8, 4) is 0 Å². The molecule has 2 aromatic rings. The molecule has 0 aliphatic carbocycles. The van der Waals surface area contributed by atoms with Crippen LogP contribution >= 0.6 is 0 Å². The van der Waals surface area contributed by atoms with Crippen molar-refractivity contribution >= 4 is 17.4 Å². The number of carbonyl (C=O) groups excluding carboxylic acids is 2. The lowest BCUT2D eigenvalue weighted by atomic mass is 9.84. The molecule has 3 rings (SSSR count). The number of hydrogen-bond acceptors (Lipinski definition) is 4. The normalized spacial score (nSPS) is 15.7. The number of halogens is 2. The lowest BCUT2D eigenvalue weighted by Crippen LogP contribution is -2.36. The fourth-order valence-electron chi connectivity index (χ4n) is 3.14. The van der Waals surface area contributed by atoms with Gasteiger partial charge >= 0.3 is 5.97 Å². The van der Waals surface area contributed by atoms with Crippen LogP contribution in [-0.2, 0) is 14.9 Å². The van der Waals surface area contributed by atoms with Crippen molar-refractivity contribution in [2.75, 3.05) is 6.54 Å². The van der Waals surface area contributed by atoms with Crippen LogP contribution in [0.3, 0.4) is 0 Å². The first kappa shape index (κ1) is 19.7. The van der Waals surface area contributed by atoms with Gasteiger partial charge in [0.15, 0.2) is 11.6 Å². The molecule has 0 bridgehead atoms. The Morgan fingerprint density at radius 3 is 2.61 bits per heavy atom. The molecular weight excluding hydrogens is 368 g/mol. The van der Waals surface area contributed by atoms with Crippen LogP contribution in [0, 0.1) is 11.6 Å². The first-order chi connectivity index (χ1) is 13.1. The smallest absolute Gasteiger partial charge is 0.342 e. The third-order valence-electron chi connectivity index (χ3n) is 4.48. The maximum Gasteiger partial charge on any atom is 0.342 e. The molecule has 148 valence electrons. The maximum absolute atomic E-state index is 13.6. The number of esters is 1. The van der Waals surface area contributed by atoms with Crippen molar-refractivity contribution < 1.29 is 23.1 Å². The van der Waals surface area contributed by atoms with E-state index in [2.05, 4.69) is 10.2 Å². The van der Waals surface area contributed by atoms with Crippen molar-refractivity contribution in [2.45, 2.75) is 39.2 Å². The van der Waals surface area contributed by atoms with E-state index in [0.29, 0.717) is 5.69 Å². The van der Waals surface area contributed by atoms with Gasteiger partial charge in [-0.25, -0.2) is 13.6 Å². The van der Waals surface area contributed by atoms with Crippen LogP contribution in [0.4, 0.5) is 8.78 Å². The van der Waals surface area contributed by atoms with E-state index in [-0.39, 0.29) is 23.8 Å². The quantitative estimate of drug-likeness (QED) is 0.817. The molecule has 1 aromatic heterocycles. The predicted molar refractivity (Wildman–Crippen MR) is 98.2 cm³/mol. The zero-order valence-corrected chi connectivity index (χ0v) is 16.0. The Morgan fingerprint density at radius 1 is 1.25 bits per heavy atom. The predicted octanol–water partition coefficient (Wildman–Crippen LogP) is 3.41. The Balaban J connectivity index is 2.07. The molecule has 28 heavy (non-hydrogen) atoms. The van der Waals surface area contributed by atoms with Crippen LogP contribution in [0.2, 0.25) is 0 Å². The van der Waals surface area contributed by atoms with E-state index in [9.17, 15) is 18.4 Å². The van der Waals surface area contributed by atoms with Crippen LogP contribution < -0.4 is 0 Å². The largest absolute Gasteiger partial charge is 0.459 e. The first-order valence-electron chi connectivity index (χ1n) is 8.83. The van der Waals surface area contributed by atoms with Gasteiger partial charge in [0.25, 0.3) is 5.91 Å². The minimum absolute atomic E-state index is 0.0220. The number of aromatic amines is 1. The number of aromatic nitrogens is 2. The Kier molecular flexibility index (Phi) is 5.06. The molecule has 0 saturated carbocycles. The van der Waals surface area contributed by atoms with Crippen LogP contribution in [0.25, 0.3) is 5.57 Å². The van der Waals surface area contributed by atoms with Gasteiger partial charge in [0.05, 0.1) is 18.0 Å². The number of hydrogen-bond donors (Lipinski definition) is 1. The summed E-state index contributed by atoms with van der Waals surface area (Å²) in [6.45, 7) is 7.44. The van der Waals surface area contributed by atoms with Gasteiger partial charge < -0.3 is 9.64 Å². The molecule has 1 aromatic carbocycles. The zero-order chi connectivity index (χ0) is 20.6. The van der Waals surface area contributed by atoms with E-state index < -0.39 is 28.9 Å². The highest BCUT2D eigenvalue weighted by Gasteiger charge is 2.36. The van der Waals surface area contributed by atoms with E-state index in [1.165, 1.54) is 17.2 Å². The second-order valence-electron chi connectivity index (χ2n) is 7.60. The minimum Gasteiger partial charge on any atom is -0.459 e. The highest BCUT2D eigenvalue weighted by atomic mass is 19.2. The summed E-state index contributed by atoms with van der Waals surface area (Å²) in [6, 6.07) is 2.95. The van der Waals surface area contributed by atoms with E-state index in [0.717, 1.165) is 17.7 Å². The average molecular weight is 389 g/mol. The summed E-state index contributed by atoms with van der Waals surface area (Å²) >= 11 is 0. The molecule has 0 saturated heterocycles. The van der Waals surface area contributed by atoms with Gasteiger partial charge in [-0.2, -0.15) is 5.10 Å². The fraction of sp³-hybridized carbons (Fsp3) is 0.350. The molecule has 1 aliphatic heterocycles. The number of nitrogens with zero attached hydrogens (tertiary/aromatic N) is 2. The average Bonchev–Trinajstić information content (AvgIpc) is 3.06. The molecule has 1 aliphatic rings. The maximum atomic E-state index is 13.6. The minimum atomic E-state index is -1.11. The van der Waals surface area contributed by atoms with E-state index in [1.54, 1.807) is 20.0 Å². The lowest BCUT2D eigenvalue weighted by molar-refractivity contribution is -0.140. The van der Waals surface area contributed by atoms with Crippen LogP contribution in [-0.4, -0.2) is 39.6 Å². The summed E-state index contributed by atoms with van der Waals surface area (Å²) < 4.78 is 32.1. The highest BCUT2D eigenvalue weighted by molar-refractivity contribution is 6.17. The van der Waals surface area contributed by atoms with Gasteiger partial charge in [0.2, 0.25) is 0 Å². The number of amides is 1. The molecular formula is C20H21F2N3O3. The third kappa shape index (κ3) is 3.67. The summed E-state index contributed by atoms with van der Waals surface area (Å²) in [5, 5.41) is 6.84. The second kappa shape index (κ2) is 7.18. The molecule has 1 amide bonds. The summed E-state index contributed by atoms with van der Waals surface area (Å²) in [4.78, 5) is 26.9. The first-order valence-corrected chi connectivity index (χ1v) is 8.83. The molecule has 0 spiro atoms. The number of carbonyl (C=O) groups is 2. The monoisotopic (exact) mass is 389 g/mol. The fourth-order valence-corrected chi connectivity index (χ4v) is 3.14.